The molecule has 1 amide bonds. The van der Waals surface area contributed by atoms with Crippen LogP contribution in [0.3, 0.4) is 0 Å². The number of nitrogens with zero attached hydrogens (tertiary/aromatic N) is 4. The van der Waals surface area contributed by atoms with Gasteiger partial charge in [-0.3, -0.25) is 14.7 Å². The molecule has 1 saturated carbocycles. The quantitative estimate of drug-likeness (QED) is 0.817. The van der Waals surface area contributed by atoms with E-state index in [9.17, 15) is 4.79 Å². The molecule has 1 aliphatic carbocycles. The number of anilines is 1. The summed E-state index contributed by atoms with van der Waals surface area (Å²) in [5.74, 6) is 1.05. The Hall–Kier alpha value is -2.47. The Morgan fingerprint density at radius 2 is 1.76 bits per heavy atom. The molecule has 1 aliphatic heterocycles. The number of benzene rings is 1. The number of amides is 1. The number of rotatable bonds is 6. The zero-order valence-corrected chi connectivity index (χ0v) is 17.1. The summed E-state index contributed by atoms with van der Waals surface area (Å²) in [6.07, 6.45) is 11.3. The number of hydrogen-bond acceptors (Lipinski definition) is 5. The molecule has 0 spiro atoms. The van der Waals surface area contributed by atoms with E-state index in [2.05, 4.69) is 55.4 Å². The lowest BCUT2D eigenvalue weighted by molar-refractivity contribution is -0.122. The van der Waals surface area contributed by atoms with Gasteiger partial charge in [0.2, 0.25) is 5.91 Å². The molecule has 2 fully saturated rings. The summed E-state index contributed by atoms with van der Waals surface area (Å²) >= 11 is 0. The lowest BCUT2D eigenvalue weighted by Gasteiger charge is -2.38. The maximum absolute atomic E-state index is 12.7. The molecule has 1 aromatic carbocycles. The third-order valence-corrected chi connectivity index (χ3v) is 6.43. The van der Waals surface area contributed by atoms with Crippen LogP contribution in [0.15, 0.2) is 48.9 Å². The predicted octanol–water partition coefficient (Wildman–Crippen LogP) is 2.62. The third kappa shape index (κ3) is 4.93. The first-order valence-electron chi connectivity index (χ1n) is 10.8. The average molecular weight is 394 g/mol. The molecule has 0 radical (unpaired) electrons. The van der Waals surface area contributed by atoms with E-state index in [0.29, 0.717) is 6.54 Å². The molecule has 1 aromatic heterocycles. The van der Waals surface area contributed by atoms with Crippen LogP contribution >= 0.6 is 0 Å². The molecule has 2 aromatic rings. The number of piperazine rings is 1. The molecule has 0 unspecified atom stereocenters. The summed E-state index contributed by atoms with van der Waals surface area (Å²) in [6, 6.07) is 10.7. The zero-order valence-electron chi connectivity index (χ0n) is 17.1. The van der Waals surface area contributed by atoms with E-state index in [1.807, 2.05) is 0 Å². The van der Waals surface area contributed by atoms with E-state index in [1.54, 1.807) is 18.6 Å². The fourth-order valence-corrected chi connectivity index (χ4v) is 4.70. The second-order valence-electron chi connectivity index (χ2n) is 8.31. The normalized spacial score (nSPS) is 19.7. The molecule has 1 N–H and O–H groups in total. The second kappa shape index (κ2) is 9.35. The molecule has 2 heterocycles. The van der Waals surface area contributed by atoms with E-state index < -0.39 is 0 Å². The number of aromatic nitrogens is 2. The molecule has 154 valence electrons. The van der Waals surface area contributed by atoms with E-state index in [1.165, 1.54) is 24.8 Å². The van der Waals surface area contributed by atoms with Crippen molar-refractivity contribution in [2.45, 2.75) is 37.5 Å². The molecule has 29 heavy (non-hydrogen) atoms. The highest BCUT2D eigenvalue weighted by atomic mass is 16.2. The second-order valence-corrected chi connectivity index (χ2v) is 8.31. The number of nitrogens with one attached hydrogen (secondary N) is 1. The van der Waals surface area contributed by atoms with Gasteiger partial charge in [-0.05, 0) is 18.4 Å². The molecular weight excluding hydrogens is 362 g/mol. The van der Waals surface area contributed by atoms with Crippen molar-refractivity contribution in [3.63, 3.8) is 0 Å². The maximum Gasteiger partial charge on any atom is 0.234 e. The van der Waals surface area contributed by atoms with Crippen molar-refractivity contribution in [2.75, 3.05) is 44.2 Å². The average Bonchev–Trinajstić information content (AvgIpc) is 2.80. The molecule has 2 aliphatic rings. The van der Waals surface area contributed by atoms with Gasteiger partial charge in [-0.25, -0.2) is 4.98 Å². The lowest BCUT2D eigenvalue weighted by Crippen LogP contribution is -2.51. The van der Waals surface area contributed by atoms with Crippen molar-refractivity contribution < 1.29 is 4.79 Å². The van der Waals surface area contributed by atoms with Crippen LogP contribution in [0, 0.1) is 0 Å². The Labute approximate surface area is 173 Å². The van der Waals surface area contributed by atoms with E-state index >= 15 is 0 Å². The van der Waals surface area contributed by atoms with Gasteiger partial charge in [-0.1, -0.05) is 49.6 Å². The van der Waals surface area contributed by atoms with Crippen molar-refractivity contribution >= 4 is 11.7 Å². The summed E-state index contributed by atoms with van der Waals surface area (Å²) in [7, 11) is 0. The first kappa shape index (κ1) is 19.8. The topological polar surface area (TPSA) is 61.4 Å². The minimum absolute atomic E-state index is 0.0971. The summed E-state index contributed by atoms with van der Waals surface area (Å²) < 4.78 is 0. The summed E-state index contributed by atoms with van der Waals surface area (Å²) in [6.45, 7) is 4.70. The summed E-state index contributed by atoms with van der Waals surface area (Å²) in [5, 5.41) is 3.27. The SMILES string of the molecule is O=C(CN1CCN(c2cnccn2)CC1)NCC1(c2ccccc2)CCCCC1. The Balaban J connectivity index is 1.28. The smallest absolute Gasteiger partial charge is 0.234 e. The van der Waals surface area contributed by atoms with Gasteiger partial charge < -0.3 is 10.2 Å². The van der Waals surface area contributed by atoms with Crippen molar-refractivity contribution in [3.8, 4) is 0 Å². The zero-order chi connectivity index (χ0) is 19.9. The summed E-state index contributed by atoms with van der Waals surface area (Å²) in [5.41, 5.74) is 1.47. The highest BCUT2D eigenvalue weighted by molar-refractivity contribution is 5.78. The van der Waals surface area contributed by atoms with Crippen LogP contribution in [-0.2, 0) is 10.2 Å². The van der Waals surface area contributed by atoms with Gasteiger partial charge in [0.05, 0.1) is 12.7 Å². The van der Waals surface area contributed by atoms with Crippen molar-refractivity contribution in [1.82, 2.24) is 20.2 Å². The first-order chi connectivity index (χ1) is 14.3. The highest BCUT2D eigenvalue weighted by Crippen LogP contribution is 2.38. The van der Waals surface area contributed by atoms with Gasteiger partial charge in [-0.15, -0.1) is 0 Å². The Morgan fingerprint density at radius 3 is 2.45 bits per heavy atom. The largest absolute Gasteiger partial charge is 0.354 e. The molecule has 6 nitrogen and oxygen atoms in total. The Morgan fingerprint density at radius 1 is 1.00 bits per heavy atom. The van der Waals surface area contributed by atoms with Crippen LogP contribution in [-0.4, -0.2) is 60.0 Å². The van der Waals surface area contributed by atoms with Crippen molar-refractivity contribution in [1.29, 1.82) is 0 Å². The van der Waals surface area contributed by atoms with Crippen LogP contribution in [0.5, 0.6) is 0 Å². The van der Waals surface area contributed by atoms with E-state index in [4.69, 9.17) is 0 Å². The minimum Gasteiger partial charge on any atom is -0.354 e. The molecule has 6 heteroatoms. The van der Waals surface area contributed by atoms with Gasteiger partial charge in [0.1, 0.15) is 5.82 Å². The van der Waals surface area contributed by atoms with E-state index in [0.717, 1.165) is 51.4 Å². The van der Waals surface area contributed by atoms with Crippen LogP contribution in [0.4, 0.5) is 5.82 Å². The number of carbonyl (C=O) groups excluding carboxylic acids is 1. The van der Waals surface area contributed by atoms with Crippen LogP contribution < -0.4 is 10.2 Å². The molecule has 0 bridgehead atoms. The van der Waals surface area contributed by atoms with E-state index in [-0.39, 0.29) is 11.3 Å². The van der Waals surface area contributed by atoms with Crippen LogP contribution in [0.1, 0.15) is 37.7 Å². The van der Waals surface area contributed by atoms with Gasteiger partial charge in [0.15, 0.2) is 0 Å². The van der Waals surface area contributed by atoms with Gasteiger partial charge in [-0.2, -0.15) is 0 Å². The molecule has 1 saturated heterocycles. The van der Waals surface area contributed by atoms with Gasteiger partial charge in [0.25, 0.3) is 0 Å². The number of hydrogen-bond donors (Lipinski definition) is 1. The predicted molar refractivity (Wildman–Crippen MR) is 115 cm³/mol. The lowest BCUT2D eigenvalue weighted by atomic mass is 9.69. The minimum atomic E-state index is 0.0971. The Bertz CT molecular complexity index is 768. The molecule has 0 atom stereocenters. The monoisotopic (exact) mass is 393 g/mol. The number of carbonyl (C=O) groups is 1. The molecular formula is C23H31N5O. The van der Waals surface area contributed by atoms with Crippen LogP contribution in [0.25, 0.3) is 0 Å². The summed E-state index contributed by atoms with van der Waals surface area (Å²) in [4.78, 5) is 25.7. The van der Waals surface area contributed by atoms with Gasteiger partial charge in [0, 0.05) is 50.5 Å². The highest BCUT2D eigenvalue weighted by Gasteiger charge is 2.34. The standard InChI is InChI=1S/C23H31N5O/c29-22(18-27-13-15-28(16-14-27)21-17-24-11-12-25-21)26-19-23(9-5-2-6-10-23)20-7-3-1-4-8-20/h1,3-4,7-8,11-12,17H,2,5-6,9-10,13-16,18-19H2,(H,26,29). The fourth-order valence-electron chi connectivity index (χ4n) is 4.70. The maximum atomic E-state index is 12.7. The van der Waals surface area contributed by atoms with Crippen molar-refractivity contribution in [2.24, 2.45) is 0 Å². The van der Waals surface area contributed by atoms with Gasteiger partial charge >= 0.3 is 0 Å². The first-order valence-corrected chi connectivity index (χ1v) is 10.8. The Kier molecular flexibility index (Phi) is 6.39. The third-order valence-electron chi connectivity index (χ3n) is 6.43. The van der Waals surface area contributed by atoms with Crippen molar-refractivity contribution in [3.05, 3.63) is 54.5 Å². The fraction of sp³-hybridized carbons (Fsp3) is 0.522. The van der Waals surface area contributed by atoms with Crippen LogP contribution in [0.2, 0.25) is 0 Å². The molecule has 4 rings (SSSR count).